The SMILES string of the molecule is CC[C@H](C)NC(=O)Cn1c(=O)n(-c2ccc(Cl)c(Cl)c2)c(=O)c2c3c(sc21)CCCC3. The van der Waals surface area contributed by atoms with Gasteiger partial charge in [0.05, 0.1) is 21.1 Å². The van der Waals surface area contributed by atoms with Crippen molar-refractivity contribution in [1.82, 2.24) is 14.5 Å². The first-order chi connectivity index (χ1) is 14.8. The van der Waals surface area contributed by atoms with Gasteiger partial charge in [0.2, 0.25) is 5.91 Å². The maximum absolute atomic E-state index is 13.5. The Balaban J connectivity index is 1.98. The van der Waals surface area contributed by atoms with E-state index >= 15 is 0 Å². The van der Waals surface area contributed by atoms with Crippen molar-refractivity contribution in [2.75, 3.05) is 0 Å². The Morgan fingerprint density at radius 1 is 1.19 bits per heavy atom. The first kappa shape index (κ1) is 22.1. The zero-order valence-corrected chi connectivity index (χ0v) is 19.7. The van der Waals surface area contributed by atoms with Crippen molar-refractivity contribution in [3.8, 4) is 5.69 Å². The molecule has 0 unspecified atom stereocenters. The van der Waals surface area contributed by atoms with Crippen LogP contribution in [0.3, 0.4) is 0 Å². The summed E-state index contributed by atoms with van der Waals surface area (Å²) in [6, 6.07) is 4.64. The number of fused-ring (bicyclic) bond motifs is 3. The molecule has 1 aliphatic rings. The van der Waals surface area contributed by atoms with E-state index in [1.807, 2.05) is 13.8 Å². The molecule has 0 saturated heterocycles. The Kier molecular flexibility index (Phi) is 6.28. The summed E-state index contributed by atoms with van der Waals surface area (Å²) in [5.41, 5.74) is 0.393. The Morgan fingerprint density at radius 3 is 2.65 bits per heavy atom. The van der Waals surface area contributed by atoms with Crippen LogP contribution >= 0.6 is 34.5 Å². The number of thiophene rings is 1. The predicted molar refractivity (Wildman–Crippen MR) is 126 cm³/mol. The van der Waals surface area contributed by atoms with Crippen LogP contribution < -0.4 is 16.6 Å². The molecule has 3 aromatic rings. The zero-order valence-electron chi connectivity index (χ0n) is 17.3. The fourth-order valence-electron chi connectivity index (χ4n) is 3.93. The van der Waals surface area contributed by atoms with Gasteiger partial charge in [-0.2, -0.15) is 0 Å². The molecule has 2 heterocycles. The molecule has 31 heavy (non-hydrogen) atoms. The predicted octanol–water partition coefficient (Wildman–Crippen LogP) is 4.31. The maximum Gasteiger partial charge on any atom is 0.337 e. The van der Waals surface area contributed by atoms with E-state index < -0.39 is 5.69 Å². The summed E-state index contributed by atoms with van der Waals surface area (Å²) in [7, 11) is 0. The van der Waals surface area contributed by atoms with Crippen LogP contribution in [0.15, 0.2) is 27.8 Å². The van der Waals surface area contributed by atoms with E-state index in [1.165, 1.54) is 22.0 Å². The highest BCUT2D eigenvalue weighted by Gasteiger charge is 2.25. The molecule has 0 fully saturated rings. The second kappa shape index (κ2) is 8.81. The summed E-state index contributed by atoms with van der Waals surface area (Å²) < 4.78 is 2.52. The molecule has 164 valence electrons. The molecule has 0 aliphatic heterocycles. The van der Waals surface area contributed by atoms with Gasteiger partial charge in [-0.05, 0) is 62.8 Å². The minimum Gasteiger partial charge on any atom is -0.352 e. The van der Waals surface area contributed by atoms with Gasteiger partial charge in [0.1, 0.15) is 11.4 Å². The molecule has 0 spiro atoms. The quantitative estimate of drug-likeness (QED) is 0.592. The van der Waals surface area contributed by atoms with Crippen LogP contribution in [-0.2, 0) is 24.2 Å². The van der Waals surface area contributed by atoms with E-state index in [0.29, 0.717) is 20.9 Å². The van der Waals surface area contributed by atoms with Crippen LogP contribution in [0.5, 0.6) is 0 Å². The first-order valence-electron chi connectivity index (χ1n) is 10.4. The minimum atomic E-state index is -0.561. The maximum atomic E-state index is 13.5. The lowest BCUT2D eigenvalue weighted by Gasteiger charge is -2.15. The number of nitrogens with one attached hydrogen (secondary N) is 1. The van der Waals surface area contributed by atoms with Gasteiger partial charge >= 0.3 is 5.69 Å². The molecule has 9 heteroatoms. The number of halogens is 2. The van der Waals surface area contributed by atoms with Crippen LogP contribution in [0.25, 0.3) is 15.9 Å². The number of aryl methyl sites for hydroxylation is 2. The van der Waals surface area contributed by atoms with Crippen LogP contribution in [0.1, 0.15) is 43.6 Å². The topological polar surface area (TPSA) is 73.1 Å². The van der Waals surface area contributed by atoms with E-state index in [-0.39, 0.29) is 29.1 Å². The summed E-state index contributed by atoms with van der Waals surface area (Å²) in [5.74, 6) is -0.261. The van der Waals surface area contributed by atoms with Crippen LogP contribution in [0.4, 0.5) is 0 Å². The normalized spacial score (nSPS) is 14.5. The van der Waals surface area contributed by atoms with Gasteiger partial charge < -0.3 is 5.32 Å². The standard InChI is InChI=1S/C22H23Cl2N3O3S/c1-3-12(2)25-18(28)11-26-21-19(14-6-4-5-7-17(14)31-21)20(29)27(22(26)30)13-8-9-15(23)16(24)10-13/h8-10,12H,3-7,11H2,1-2H3,(H,25,28)/t12-/m0/s1. The molecule has 1 N–H and O–H groups in total. The minimum absolute atomic E-state index is 0.00351. The lowest BCUT2D eigenvalue weighted by molar-refractivity contribution is -0.122. The van der Waals surface area contributed by atoms with Gasteiger partial charge in [0.15, 0.2) is 0 Å². The lowest BCUT2D eigenvalue weighted by Crippen LogP contribution is -2.43. The molecule has 6 nitrogen and oxygen atoms in total. The van der Waals surface area contributed by atoms with Gasteiger partial charge in [0.25, 0.3) is 5.56 Å². The fourth-order valence-corrected chi connectivity index (χ4v) is 5.59. The van der Waals surface area contributed by atoms with E-state index in [9.17, 15) is 14.4 Å². The summed E-state index contributed by atoms with van der Waals surface area (Å²) in [4.78, 5) is 41.4. The molecule has 2 aromatic heterocycles. The number of amides is 1. The van der Waals surface area contributed by atoms with Crippen molar-refractivity contribution in [1.29, 1.82) is 0 Å². The second-order valence-corrected chi connectivity index (χ2v) is 9.77. The lowest BCUT2D eigenvalue weighted by atomic mass is 9.97. The average molecular weight is 480 g/mol. The molecular weight excluding hydrogens is 457 g/mol. The number of carbonyl (C=O) groups is 1. The van der Waals surface area contributed by atoms with E-state index in [2.05, 4.69) is 5.32 Å². The molecule has 1 aromatic carbocycles. The summed E-state index contributed by atoms with van der Waals surface area (Å²) in [6.45, 7) is 3.74. The number of nitrogens with zero attached hydrogens (tertiary/aromatic N) is 2. The van der Waals surface area contributed by atoms with Crippen molar-refractivity contribution < 1.29 is 4.79 Å². The molecule has 1 atom stereocenters. The number of hydrogen-bond donors (Lipinski definition) is 1. The van der Waals surface area contributed by atoms with Crippen molar-refractivity contribution in [2.24, 2.45) is 0 Å². The largest absolute Gasteiger partial charge is 0.352 e. The third-order valence-corrected chi connectivity index (χ3v) is 7.77. The second-order valence-electron chi connectivity index (χ2n) is 7.88. The third-order valence-electron chi connectivity index (χ3n) is 5.72. The average Bonchev–Trinajstić information content (AvgIpc) is 3.13. The number of hydrogen-bond acceptors (Lipinski definition) is 4. The Bertz CT molecular complexity index is 1290. The van der Waals surface area contributed by atoms with E-state index in [1.54, 1.807) is 12.1 Å². The fraction of sp³-hybridized carbons (Fsp3) is 0.409. The molecule has 0 saturated carbocycles. The number of carbonyl (C=O) groups excluding carboxylic acids is 1. The van der Waals surface area contributed by atoms with Crippen LogP contribution in [0.2, 0.25) is 10.0 Å². The monoisotopic (exact) mass is 479 g/mol. The number of aromatic nitrogens is 2. The Labute approximate surface area is 193 Å². The summed E-state index contributed by atoms with van der Waals surface area (Å²) in [6.07, 6.45) is 4.52. The molecule has 1 amide bonds. The molecule has 4 rings (SSSR count). The third kappa shape index (κ3) is 4.06. The smallest absolute Gasteiger partial charge is 0.337 e. The summed E-state index contributed by atoms with van der Waals surface area (Å²) in [5, 5.41) is 4.01. The molecular formula is C22H23Cl2N3O3S. The number of benzene rings is 1. The Morgan fingerprint density at radius 2 is 1.94 bits per heavy atom. The molecule has 0 bridgehead atoms. The van der Waals surface area contributed by atoms with Crippen LogP contribution in [-0.4, -0.2) is 21.1 Å². The van der Waals surface area contributed by atoms with Gasteiger partial charge in [0, 0.05) is 10.9 Å². The van der Waals surface area contributed by atoms with E-state index in [0.717, 1.165) is 47.1 Å². The first-order valence-corrected chi connectivity index (χ1v) is 11.9. The zero-order chi connectivity index (χ0) is 22.3. The van der Waals surface area contributed by atoms with Crippen molar-refractivity contribution >= 4 is 50.7 Å². The highest BCUT2D eigenvalue weighted by Crippen LogP contribution is 2.34. The van der Waals surface area contributed by atoms with Gasteiger partial charge in [-0.15, -0.1) is 11.3 Å². The van der Waals surface area contributed by atoms with Crippen LogP contribution in [0, 0.1) is 0 Å². The van der Waals surface area contributed by atoms with Gasteiger partial charge in [-0.25, -0.2) is 9.36 Å². The molecule has 1 aliphatic carbocycles. The highest BCUT2D eigenvalue weighted by molar-refractivity contribution is 7.18. The van der Waals surface area contributed by atoms with E-state index in [4.69, 9.17) is 23.2 Å². The Hall–Kier alpha value is -2.09. The van der Waals surface area contributed by atoms with Gasteiger partial charge in [-0.3, -0.25) is 14.2 Å². The van der Waals surface area contributed by atoms with Crippen molar-refractivity contribution in [2.45, 2.75) is 58.5 Å². The van der Waals surface area contributed by atoms with Crippen molar-refractivity contribution in [3.63, 3.8) is 0 Å². The summed E-state index contributed by atoms with van der Waals surface area (Å²) >= 11 is 13.6. The van der Waals surface area contributed by atoms with Crippen molar-refractivity contribution in [3.05, 3.63) is 59.5 Å². The number of rotatable bonds is 5. The molecule has 0 radical (unpaired) electrons. The highest BCUT2D eigenvalue weighted by atomic mass is 35.5. The van der Waals surface area contributed by atoms with Gasteiger partial charge in [-0.1, -0.05) is 30.1 Å².